The number of hydrogen-bond acceptors (Lipinski definition) is 4. The quantitative estimate of drug-likeness (QED) is 0.844. The lowest BCUT2D eigenvalue weighted by Gasteiger charge is -2.28. The van der Waals surface area contributed by atoms with Gasteiger partial charge in [0, 0.05) is 29.1 Å². The van der Waals surface area contributed by atoms with Crippen LogP contribution in [0.5, 0.6) is 0 Å². The molecular formula is C18H21N3OS2. The van der Waals surface area contributed by atoms with E-state index in [0.717, 1.165) is 36.8 Å². The number of hydrogen-bond donors (Lipinski definition) is 1. The van der Waals surface area contributed by atoms with Crippen LogP contribution >= 0.6 is 23.6 Å². The largest absolute Gasteiger partial charge is 0.376 e. The molecule has 2 aliphatic rings. The Morgan fingerprint density at radius 2 is 2.29 bits per heavy atom. The molecule has 0 amide bonds. The first-order chi connectivity index (χ1) is 11.7. The smallest absolute Gasteiger partial charge is 0.170 e. The summed E-state index contributed by atoms with van der Waals surface area (Å²) in [6, 6.07) is 10.7. The van der Waals surface area contributed by atoms with Gasteiger partial charge in [0.05, 0.1) is 23.9 Å². The molecule has 2 fully saturated rings. The lowest BCUT2D eigenvalue weighted by molar-refractivity contribution is 0.0846. The fourth-order valence-corrected chi connectivity index (χ4v) is 4.87. The Kier molecular flexibility index (Phi) is 4.52. The molecule has 24 heavy (non-hydrogen) atoms. The summed E-state index contributed by atoms with van der Waals surface area (Å²) < 4.78 is 5.85. The maximum Gasteiger partial charge on any atom is 0.170 e. The molecule has 0 bridgehead atoms. The number of aryl methyl sites for hydroxylation is 1. The minimum absolute atomic E-state index is 0.0816. The Balaban J connectivity index is 1.67. The van der Waals surface area contributed by atoms with Gasteiger partial charge in [-0.25, -0.2) is 0 Å². The first-order valence-corrected chi connectivity index (χ1v) is 9.61. The van der Waals surface area contributed by atoms with Crippen molar-refractivity contribution >= 4 is 28.7 Å². The minimum Gasteiger partial charge on any atom is -0.376 e. The second-order valence-electron chi connectivity index (χ2n) is 6.36. The predicted octanol–water partition coefficient (Wildman–Crippen LogP) is 3.60. The molecular weight excluding hydrogens is 338 g/mol. The van der Waals surface area contributed by atoms with Crippen LogP contribution in [0, 0.1) is 6.92 Å². The highest BCUT2D eigenvalue weighted by Gasteiger charge is 2.41. The molecule has 0 aliphatic carbocycles. The SMILES string of the molecule is Cc1ccc([C@H]2[C@@H](c3ccccn3)NC(=S)N2C[C@@H]2CCCO2)s1. The lowest BCUT2D eigenvalue weighted by Crippen LogP contribution is -2.36. The highest BCUT2D eigenvalue weighted by molar-refractivity contribution is 7.80. The molecule has 2 aromatic heterocycles. The van der Waals surface area contributed by atoms with E-state index >= 15 is 0 Å². The molecule has 4 nitrogen and oxygen atoms in total. The van der Waals surface area contributed by atoms with Crippen molar-refractivity contribution < 1.29 is 4.74 Å². The van der Waals surface area contributed by atoms with E-state index in [2.05, 4.69) is 40.3 Å². The zero-order chi connectivity index (χ0) is 16.5. The monoisotopic (exact) mass is 359 g/mol. The number of rotatable bonds is 4. The van der Waals surface area contributed by atoms with E-state index < -0.39 is 0 Å². The number of aromatic nitrogens is 1. The van der Waals surface area contributed by atoms with Crippen molar-refractivity contribution in [2.75, 3.05) is 13.2 Å². The van der Waals surface area contributed by atoms with Crippen LogP contribution < -0.4 is 5.32 Å². The number of pyridine rings is 1. The molecule has 3 atom stereocenters. The number of ether oxygens (including phenoxy) is 1. The Morgan fingerprint density at radius 3 is 2.96 bits per heavy atom. The average Bonchev–Trinajstić information content (AvgIpc) is 3.31. The van der Waals surface area contributed by atoms with E-state index in [1.165, 1.54) is 9.75 Å². The highest BCUT2D eigenvalue weighted by atomic mass is 32.1. The van der Waals surface area contributed by atoms with Gasteiger partial charge in [0.1, 0.15) is 0 Å². The predicted molar refractivity (Wildman–Crippen MR) is 100 cm³/mol. The van der Waals surface area contributed by atoms with Crippen molar-refractivity contribution in [1.82, 2.24) is 15.2 Å². The molecule has 6 heteroatoms. The topological polar surface area (TPSA) is 37.4 Å². The zero-order valence-electron chi connectivity index (χ0n) is 13.6. The number of nitrogens with one attached hydrogen (secondary N) is 1. The molecule has 2 aromatic rings. The van der Waals surface area contributed by atoms with Crippen LogP contribution in [0.25, 0.3) is 0 Å². The molecule has 0 unspecified atom stereocenters. The van der Waals surface area contributed by atoms with E-state index in [1.807, 2.05) is 29.7 Å². The van der Waals surface area contributed by atoms with Gasteiger partial charge in [0.2, 0.25) is 0 Å². The normalized spacial score (nSPS) is 26.8. The maximum atomic E-state index is 5.85. The van der Waals surface area contributed by atoms with Gasteiger partial charge in [-0.15, -0.1) is 11.3 Å². The van der Waals surface area contributed by atoms with Crippen LogP contribution in [-0.4, -0.2) is 34.3 Å². The summed E-state index contributed by atoms with van der Waals surface area (Å²) in [5, 5.41) is 4.30. The lowest BCUT2D eigenvalue weighted by atomic mass is 10.0. The Morgan fingerprint density at radius 1 is 1.38 bits per heavy atom. The van der Waals surface area contributed by atoms with Crippen molar-refractivity contribution in [2.24, 2.45) is 0 Å². The number of nitrogens with zero attached hydrogens (tertiary/aromatic N) is 2. The summed E-state index contributed by atoms with van der Waals surface area (Å²) >= 11 is 7.51. The van der Waals surface area contributed by atoms with E-state index in [4.69, 9.17) is 17.0 Å². The van der Waals surface area contributed by atoms with Crippen LogP contribution in [0.3, 0.4) is 0 Å². The molecule has 0 spiro atoms. The summed E-state index contributed by atoms with van der Waals surface area (Å²) in [6.45, 7) is 3.86. The van der Waals surface area contributed by atoms with Gasteiger partial charge in [-0.2, -0.15) is 0 Å². The van der Waals surface area contributed by atoms with E-state index in [0.29, 0.717) is 0 Å². The summed E-state index contributed by atoms with van der Waals surface area (Å²) in [6.07, 6.45) is 4.38. The fraction of sp³-hybridized carbons (Fsp3) is 0.444. The highest BCUT2D eigenvalue weighted by Crippen LogP contribution is 2.41. The zero-order valence-corrected chi connectivity index (χ0v) is 15.3. The van der Waals surface area contributed by atoms with Crippen LogP contribution in [0.15, 0.2) is 36.5 Å². The molecule has 4 rings (SSSR count). The molecule has 1 N–H and O–H groups in total. The fourth-order valence-electron chi connectivity index (χ4n) is 3.53. The van der Waals surface area contributed by atoms with Gasteiger partial charge in [0.15, 0.2) is 5.11 Å². The first-order valence-electron chi connectivity index (χ1n) is 8.38. The summed E-state index contributed by atoms with van der Waals surface area (Å²) in [7, 11) is 0. The first kappa shape index (κ1) is 16.0. The minimum atomic E-state index is 0.0816. The summed E-state index contributed by atoms with van der Waals surface area (Å²) in [4.78, 5) is 9.52. The van der Waals surface area contributed by atoms with Gasteiger partial charge >= 0.3 is 0 Å². The van der Waals surface area contributed by atoms with Crippen molar-refractivity contribution in [3.05, 3.63) is 52.0 Å². The van der Waals surface area contributed by atoms with E-state index in [-0.39, 0.29) is 18.2 Å². The van der Waals surface area contributed by atoms with Gasteiger partial charge in [-0.1, -0.05) is 6.07 Å². The summed E-state index contributed by atoms with van der Waals surface area (Å²) in [5.74, 6) is 0. The molecule has 2 aliphatic heterocycles. The molecule has 2 saturated heterocycles. The van der Waals surface area contributed by atoms with Gasteiger partial charge in [-0.3, -0.25) is 4.98 Å². The Bertz CT molecular complexity index is 712. The Labute approximate surface area is 151 Å². The number of thiophene rings is 1. The van der Waals surface area contributed by atoms with Gasteiger partial charge < -0.3 is 15.0 Å². The molecule has 4 heterocycles. The van der Waals surface area contributed by atoms with Crippen LogP contribution in [-0.2, 0) is 4.74 Å². The molecule has 126 valence electrons. The van der Waals surface area contributed by atoms with Crippen molar-refractivity contribution in [3.8, 4) is 0 Å². The van der Waals surface area contributed by atoms with Crippen molar-refractivity contribution in [1.29, 1.82) is 0 Å². The summed E-state index contributed by atoms with van der Waals surface area (Å²) in [5.41, 5.74) is 1.03. The average molecular weight is 360 g/mol. The van der Waals surface area contributed by atoms with Crippen LogP contribution in [0.4, 0.5) is 0 Å². The van der Waals surface area contributed by atoms with Gasteiger partial charge in [-0.05, 0) is 56.2 Å². The molecule has 0 radical (unpaired) electrons. The van der Waals surface area contributed by atoms with Crippen molar-refractivity contribution in [3.63, 3.8) is 0 Å². The molecule has 0 saturated carbocycles. The number of thiocarbonyl (C=S) groups is 1. The third-order valence-electron chi connectivity index (χ3n) is 4.67. The van der Waals surface area contributed by atoms with Gasteiger partial charge in [0.25, 0.3) is 0 Å². The second-order valence-corrected chi connectivity index (χ2v) is 8.07. The van der Waals surface area contributed by atoms with Crippen LogP contribution in [0.2, 0.25) is 0 Å². The van der Waals surface area contributed by atoms with E-state index in [1.54, 1.807) is 0 Å². The van der Waals surface area contributed by atoms with E-state index in [9.17, 15) is 0 Å². The third-order valence-corrected chi connectivity index (χ3v) is 6.10. The maximum absolute atomic E-state index is 5.85. The van der Waals surface area contributed by atoms with Crippen molar-refractivity contribution in [2.45, 2.75) is 38.0 Å². The standard InChI is InChI=1S/C18H21N3OS2/c1-12-7-8-15(24-12)17-16(14-6-2-3-9-19-14)20-18(23)21(17)11-13-5-4-10-22-13/h2-3,6-9,13,16-17H,4-5,10-11H2,1H3,(H,20,23)/t13-,16+,17-/m0/s1. The second kappa shape index (κ2) is 6.78. The Hall–Kier alpha value is -1.50. The molecule has 0 aromatic carbocycles. The third kappa shape index (κ3) is 3.06. The van der Waals surface area contributed by atoms with Crippen LogP contribution in [0.1, 0.15) is 40.4 Å².